The molecule has 4 rings (SSSR count). The Morgan fingerprint density at radius 3 is 2.50 bits per heavy atom. The summed E-state index contributed by atoms with van der Waals surface area (Å²) in [5.74, 6) is -0.420. The van der Waals surface area contributed by atoms with Crippen molar-refractivity contribution in [1.29, 1.82) is 0 Å². The van der Waals surface area contributed by atoms with Crippen molar-refractivity contribution in [2.75, 3.05) is 25.6 Å². The van der Waals surface area contributed by atoms with Gasteiger partial charge in [0, 0.05) is 24.9 Å². The lowest BCUT2D eigenvalue weighted by molar-refractivity contribution is -0.122. The highest BCUT2D eigenvalue weighted by molar-refractivity contribution is 6.05. The predicted octanol–water partition coefficient (Wildman–Crippen LogP) is 4.52. The lowest BCUT2D eigenvalue weighted by Gasteiger charge is -2.53. The first-order valence-corrected chi connectivity index (χ1v) is 10.8. The second-order valence-corrected chi connectivity index (χ2v) is 8.49. The Labute approximate surface area is 178 Å². The molecule has 2 aromatic carbocycles. The van der Waals surface area contributed by atoms with E-state index in [4.69, 9.17) is 4.74 Å². The second kappa shape index (κ2) is 8.60. The van der Waals surface area contributed by atoms with E-state index in [2.05, 4.69) is 5.32 Å². The van der Waals surface area contributed by atoms with Crippen molar-refractivity contribution < 1.29 is 14.3 Å². The average molecular weight is 407 g/mol. The van der Waals surface area contributed by atoms with E-state index < -0.39 is 11.5 Å². The van der Waals surface area contributed by atoms with Crippen molar-refractivity contribution in [3.8, 4) is 0 Å². The van der Waals surface area contributed by atoms with E-state index in [-0.39, 0.29) is 11.8 Å². The van der Waals surface area contributed by atoms with Crippen molar-refractivity contribution in [2.24, 2.45) is 0 Å². The van der Waals surface area contributed by atoms with Gasteiger partial charge in [0.25, 0.3) is 5.91 Å². The molecule has 1 N–H and O–H groups in total. The lowest BCUT2D eigenvalue weighted by atomic mass is 9.65. The number of methoxy groups -OCH3 is 1. The van der Waals surface area contributed by atoms with Gasteiger partial charge in [-0.2, -0.15) is 0 Å². The number of fused-ring (bicyclic) bond motifs is 1. The number of aryl methyl sites for hydroxylation is 1. The van der Waals surface area contributed by atoms with Gasteiger partial charge in [-0.1, -0.05) is 55.2 Å². The number of hydrogen-bond acceptors (Lipinski definition) is 3. The van der Waals surface area contributed by atoms with E-state index in [0.717, 1.165) is 48.9 Å². The van der Waals surface area contributed by atoms with Gasteiger partial charge in [0.15, 0.2) is 0 Å². The third-order valence-electron chi connectivity index (χ3n) is 6.64. The van der Waals surface area contributed by atoms with E-state index in [1.807, 2.05) is 60.4 Å². The molecule has 5 nitrogen and oxygen atoms in total. The van der Waals surface area contributed by atoms with Crippen LogP contribution in [0.2, 0.25) is 0 Å². The summed E-state index contributed by atoms with van der Waals surface area (Å²) < 4.78 is 5.32. The highest BCUT2D eigenvalue weighted by Gasteiger charge is 2.54. The number of benzene rings is 2. The molecule has 30 heavy (non-hydrogen) atoms. The Morgan fingerprint density at radius 2 is 1.80 bits per heavy atom. The first kappa shape index (κ1) is 20.6. The fourth-order valence-corrected chi connectivity index (χ4v) is 5.20. The molecule has 0 radical (unpaired) electrons. The number of hydrogen-bond donors (Lipinski definition) is 1. The maximum atomic E-state index is 13.7. The molecule has 1 aliphatic heterocycles. The second-order valence-electron chi connectivity index (χ2n) is 8.49. The Morgan fingerprint density at radius 1 is 1.10 bits per heavy atom. The topological polar surface area (TPSA) is 58.6 Å². The average Bonchev–Trinajstić information content (AvgIpc) is 2.76. The number of rotatable bonds is 5. The first-order chi connectivity index (χ1) is 14.6. The van der Waals surface area contributed by atoms with Crippen LogP contribution in [0.3, 0.4) is 0 Å². The Balaban J connectivity index is 1.79. The SMILES string of the molecule is COCCN1C(=O)c2ccccc2C(C(=O)Nc2ccc(C)cc2)C12CCCCC2. The van der Waals surface area contributed by atoms with Crippen LogP contribution in [0.25, 0.3) is 0 Å². The monoisotopic (exact) mass is 406 g/mol. The van der Waals surface area contributed by atoms with Crippen molar-refractivity contribution in [3.63, 3.8) is 0 Å². The number of anilines is 1. The van der Waals surface area contributed by atoms with Gasteiger partial charge in [-0.15, -0.1) is 0 Å². The first-order valence-electron chi connectivity index (χ1n) is 10.8. The van der Waals surface area contributed by atoms with Crippen LogP contribution >= 0.6 is 0 Å². The number of ether oxygens (including phenoxy) is 1. The van der Waals surface area contributed by atoms with E-state index in [1.165, 1.54) is 0 Å². The van der Waals surface area contributed by atoms with E-state index in [0.29, 0.717) is 18.7 Å². The Kier molecular flexibility index (Phi) is 5.91. The van der Waals surface area contributed by atoms with Crippen molar-refractivity contribution in [2.45, 2.75) is 50.5 Å². The normalized spacial score (nSPS) is 20.1. The summed E-state index contributed by atoms with van der Waals surface area (Å²) in [5.41, 5.74) is 2.92. The molecule has 2 aliphatic rings. The summed E-state index contributed by atoms with van der Waals surface area (Å²) in [7, 11) is 1.65. The van der Waals surface area contributed by atoms with Gasteiger partial charge >= 0.3 is 0 Å². The minimum atomic E-state index is -0.503. The molecule has 0 aromatic heterocycles. The quantitative estimate of drug-likeness (QED) is 0.794. The van der Waals surface area contributed by atoms with E-state index in [9.17, 15) is 9.59 Å². The van der Waals surface area contributed by atoms with Crippen LogP contribution in [-0.4, -0.2) is 42.5 Å². The summed E-state index contributed by atoms with van der Waals surface area (Å²) in [6.45, 7) is 2.99. The van der Waals surface area contributed by atoms with Gasteiger partial charge in [-0.05, 0) is 43.5 Å². The standard InChI is InChI=1S/C25H30N2O3/c1-18-10-12-19(13-11-18)26-23(28)22-20-8-4-5-9-21(20)24(29)27(16-17-30-2)25(22)14-6-3-7-15-25/h4-5,8-13,22H,3,6-7,14-17H2,1-2H3,(H,26,28). The number of nitrogens with one attached hydrogen (secondary N) is 1. The van der Waals surface area contributed by atoms with E-state index >= 15 is 0 Å². The van der Waals surface area contributed by atoms with Gasteiger partial charge in [0.2, 0.25) is 5.91 Å². The molecule has 1 spiro atoms. The Hall–Kier alpha value is -2.66. The molecule has 1 saturated carbocycles. The van der Waals surface area contributed by atoms with Gasteiger partial charge in [-0.3, -0.25) is 9.59 Å². The molecule has 1 fully saturated rings. The third kappa shape index (κ3) is 3.63. The smallest absolute Gasteiger partial charge is 0.254 e. The summed E-state index contributed by atoms with van der Waals surface area (Å²) in [5, 5.41) is 3.13. The van der Waals surface area contributed by atoms with E-state index in [1.54, 1.807) is 7.11 Å². The highest BCUT2D eigenvalue weighted by atomic mass is 16.5. The molecule has 2 amide bonds. The van der Waals surface area contributed by atoms with Gasteiger partial charge < -0.3 is 15.0 Å². The molecule has 1 heterocycles. The molecule has 1 aliphatic carbocycles. The number of carbonyl (C=O) groups excluding carboxylic acids is 2. The van der Waals surface area contributed by atoms with Crippen LogP contribution in [-0.2, 0) is 9.53 Å². The molecule has 0 bridgehead atoms. The van der Waals surface area contributed by atoms with Crippen LogP contribution in [0.15, 0.2) is 48.5 Å². The number of amides is 2. The van der Waals surface area contributed by atoms with Crippen LogP contribution < -0.4 is 5.32 Å². The lowest BCUT2D eigenvalue weighted by Crippen LogP contribution is -2.62. The zero-order valence-electron chi connectivity index (χ0n) is 17.8. The zero-order valence-corrected chi connectivity index (χ0v) is 17.8. The third-order valence-corrected chi connectivity index (χ3v) is 6.64. The van der Waals surface area contributed by atoms with Gasteiger partial charge in [0.05, 0.1) is 18.1 Å². The molecule has 5 heteroatoms. The summed E-state index contributed by atoms with van der Waals surface area (Å²) >= 11 is 0. The molecule has 1 unspecified atom stereocenters. The molecular formula is C25H30N2O3. The zero-order chi connectivity index (χ0) is 21.1. The van der Waals surface area contributed by atoms with Crippen LogP contribution in [0.1, 0.15) is 59.5 Å². The molecule has 1 atom stereocenters. The van der Waals surface area contributed by atoms with Crippen LogP contribution in [0.4, 0.5) is 5.69 Å². The largest absolute Gasteiger partial charge is 0.383 e. The minimum Gasteiger partial charge on any atom is -0.383 e. The summed E-state index contributed by atoms with van der Waals surface area (Å²) in [4.78, 5) is 29.2. The van der Waals surface area contributed by atoms with Crippen LogP contribution in [0, 0.1) is 6.92 Å². The number of nitrogens with zero attached hydrogens (tertiary/aromatic N) is 1. The van der Waals surface area contributed by atoms with Gasteiger partial charge in [-0.25, -0.2) is 0 Å². The van der Waals surface area contributed by atoms with Crippen molar-refractivity contribution in [3.05, 3.63) is 65.2 Å². The highest BCUT2D eigenvalue weighted by Crippen LogP contribution is 2.49. The summed E-state index contributed by atoms with van der Waals surface area (Å²) in [6.07, 6.45) is 4.86. The number of carbonyl (C=O) groups is 2. The molecule has 0 saturated heterocycles. The predicted molar refractivity (Wildman–Crippen MR) is 118 cm³/mol. The van der Waals surface area contributed by atoms with Gasteiger partial charge in [0.1, 0.15) is 0 Å². The molecule has 158 valence electrons. The van der Waals surface area contributed by atoms with Crippen LogP contribution in [0.5, 0.6) is 0 Å². The van der Waals surface area contributed by atoms with Crippen molar-refractivity contribution >= 4 is 17.5 Å². The molecular weight excluding hydrogens is 376 g/mol. The minimum absolute atomic E-state index is 0.0175. The maximum absolute atomic E-state index is 13.7. The maximum Gasteiger partial charge on any atom is 0.254 e. The van der Waals surface area contributed by atoms with Crippen molar-refractivity contribution in [1.82, 2.24) is 4.90 Å². The Bertz CT molecular complexity index is 916. The summed E-state index contributed by atoms with van der Waals surface area (Å²) in [6, 6.07) is 15.5. The molecule has 2 aromatic rings. The fraction of sp³-hybridized carbons (Fsp3) is 0.440. The fourth-order valence-electron chi connectivity index (χ4n) is 5.20.